The van der Waals surface area contributed by atoms with E-state index in [9.17, 15) is 14.9 Å². The minimum atomic E-state index is -1.09. The summed E-state index contributed by atoms with van der Waals surface area (Å²) in [5.74, 6) is -0.327. The summed E-state index contributed by atoms with van der Waals surface area (Å²) < 4.78 is 0. The normalized spacial score (nSPS) is 13.6. The van der Waals surface area contributed by atoms with Gasteiger partial charge in [0, 0.05) is 25.6 Å². The van der Waals surface area contributed by atoms with Gasteiger partial charge in [0.05, 0.1) is 23.2 Å². The van der Waals surface area contributed by atoms with Crippen molar-refractivity contribution in [3.05, 3.63) is 58.8 Å². The molecule has 1 aliphatic rings. The lowest BCUT2D eigenvalue weighted by Crippen LogP contribution is -2.52. The van der Waals surface area contributed by atoms with Gasteiger partial charge in [0.15, 0.2) is 0 Å². The molecule has 7 nitrogen and oxygen atoms in total. The minimum Gasteiger partial charge on any atom is -0.478 e. The number of carbonyl (C=O) groups excluding carboxylic acids is 1. The second kappa shape index (κ2) is 7.87. The van der Waals surface area contributed by atoms with Gasteiger partial charge >= 0.3 is 5.97 Å². The van der Waals surface area contributed by atoms with Crippen molar-refractivity contribution in [3.8, 4) is 6.07 Å². The molecule has 3 rings (SSSR count). The Hall–Kier alpha value is -3.40. The lowest BCUT2D eigenvalue weighted by atomic mass is 9.98. The molecule has 1 amide bonds. The predicted molar refractivity (Wildman–Crippen MR) is 99.5 cm³/mol. The van der Waals surface area contributed by atoms with Gasteiger partial charge in [-0.3, -0.25) is 4.79 Å². The first-order valence-corrected chi connectivity index (χ1v) is 8.68. The molecule has 0 aliphatic carbocycles. The molecular formula is C20H20N4O3. The molecule has 0 radical (unpaired) electrons. The summed E-state index contributed by atoms with van der Waals surface area (Å²) in [6, 6.07) is 13.0. The Morgan fingerprint density at radius 3 is 2.67 bits per heavy atom. The second-order valence-corrected chi connectivity index (χ2v) is 6.65. The van der Waals surface area contributed by atoms with Crippen molar-refractivity contribution in [2.24, 2.45) is 5.92 Å². The van der Waals surface area contributed by atoms with Gasteiger partial charge in [-0.1, -0.05) is 30.3 Å². The summed E-state index contributed by atoms with van der Waals surface area (Å²) >= 11 is 0. The smallest absolute Gasteiger partial charge is 0.337 e. The Balaban J connectivity index is 1.54. The predicted octanol–water partition coefficient (Wildman–Crippen LogP) is 1.75. The van der Waals surface area contributed by atoms with Crippen molar-refractivity contribution >= 4 is 17.7 Å². The van der Waals surface area contributed by atoms with E-state index < -0.39 is 5.97 Å². The van der Waals surface area contributed by atoms with Crippen LogP contribution < -0.4 is 10.2 Å². The Kier molecular flexibility index (Phi) is 5.36. The highest BCUT2D eigenvalue weighted by Crippen LogP contribution is 2.27. The van der Waals surface area contributed by atoms with Crippen molar-refractivity contribution in [1.82, 2.24) is 10.3 Å². The van der Waals surface area contributed by atoms with Crippen LogP contribution in [0.4, 0.5) is 5.82 Å². The molecule has 2 N–H and O–H groups in total. The number of aromatic nitrogens is 1. The molecule has 1 aromatic heterocycles. The zero-order valence-electron chi connectivity index (χ0n) is 15.0. The molecule has 0 atom stereocenters. The lowest BCUT2D eigenvalue weighted by molar-refractivity contribution is -0.120. The molecular weight excluding hydrogens is 344 g/mol. The van der Waals surface area contributed by atoms with Gasteiger partial charge in [-0.05, 0) is 18.6 Å². The minimum absolute atomic E-state index is 0.0165. The molecule has 1 aromatic carbocycles. The van der Waals surface area contributed by atoms with E-state index in [4.69, 9.17) is 5.11 Å². The third kappa shape index (κ3) is 4.23. The fourth-order valence-electron chi connectivity index (χ4n) is 3.11. The monoisotopic (exact) mass is 364 g/mol. The fourth-order valence-corrected chi connectivity index (χ4v) is 3.11. The first-order chi connectivity index (χ1) is 13.0. The van der Waals surface area contributed by atoms with Gasteiger partial charge in [-0.2, -0.15) is 5.26 Å². The van der Waals surface area contributed by atoms with E-state index in [1.807, 2.05) is 41.3 Å². The number of aromatic carboxylic acids is 1. The Labute approximate surface area is 157 Å². The summed E-state index contributed by atoms with van der Waals surface area (Å²) in [5.41, 5.74) is 1.66. The average molecular weight is 364 g/mol. The summed E-state index contributed by atoms with van der Waals surface area (Å²) in [6.07, 6.45) is 0.354. The maximum Gasteiger partial charge on any atom is 0.337 e. The number of carboxylic acid groups (broad SMARTS) is 1. The summed E-state index contributed by atoms with van der Waals surface area (Å²) in [6.45, 7) is 3.52. The number of nitriles is 1. The SMILES string of the molecule is Cc1nc(N2CC(CNC(=O)Cc3ccccc3)C2)c(C#N)cc1C(=O)O. The molecule has 0 spiro atoms. The van der Waals surface area contributed by atoms with Gasteiger partial charge in [-0.15, -0.1) is 0 Å². The highest BCUT2D eigenvalue weighted by atomic mass is 16.4. The molecule has 1 aliphatic heterocycles. The first-order valence-electron chi connectivity index (χ1n) is 8.68. The van der Waals surface area contributed by atoms with Crippen molar-refractivity contribution in [2.45, 2.75) is 13.3 Å². The van der Waals surface area contributed by atoms with Crippen LogP contribution in [-0.2, 0) is 11.2 Å². The number of carbonyl (C=O) groups is 2. The van der Waals surface area contributed by atoms with Gasteiger partial charge in [0.2, 0.25) is 5.91 Å². The van der Waals surface area contributed by atoms with Crippen LogP contribution in [0.5, 0.6) is 0 Å². The molecule has 0 bridgehead atoms. The summed E-state index contributed by atoms with van der Waals surface area (Å²) in [7, 11) is 0. The molecule has 1 fully saturated rings. The zero-order valence-corrected chi connectivity index (χ0v) is 15.0. The number of nitrogens with one attached hydrogen (secondary N) is 1. The van der Waals surface area contributed by atoms with Gasteiger partial charge < -0.3 is 15.3 Å². The van der Waals surface area contributed by atoms with Crippen LogP contribution >= 0.6 is 0 Å². The van der Waals surface area contributed by atoms with E-state index in [0.717, 1.165) is 5.56 Å². The maximum absolute atomic E-state index is 12.0. The number of anilines is 1. The number of nitrogens with zero attached hydrogens (tertiary/aromatic N) is 3. The molecule has 2 heterocycles. The highest BCUT2D eigenvalue weighted by molar-refractivity contribution is 5.90. The Morgan fingerprint density at radius 1 is 1.33 bits per heavy atom. The third-order valence-corrected chi connectivity index (χ3v) is 4.60. The number of hydrogen-bond acceptors (Lipinski definition) is 5. The van der Waals surface area contributed by atoms with Crippen molar-refractivity contribution in [2.75, 3.05) is 24.5 Å². The van der Waals surface area contributed by atoms with E-state index in [2.05, 4.69) is 10.3 Å². The average Bonchev–Trinajstić information content (AvgIpc) is 2.61. The molecule has 1 saturated heterocycles. The van der Waals surface area contributed by atoms with Gasteiger partial charge in [-0.25, -0.2) is 9.78 Å². The number of rotatable bonds is 6. The maximum atomic E-state index is 12.0. The van der Waals surface area contributed by atoms with Crippen LogP contribution in [0.3, 0.4) is 0 Å². The van der Waals surface area contributed by atoms with Crippen molar-refractivity contribution in [3.63, 3.8) is 0 Å². The summed E-state index contributed by atoms with van der Waals surface area (Å²) in [4.78, 5) is 29.4. The zero-order chi connectivity index (χ0) is 19.4. The molecule has 0 saturated carbocycles. The van der Waals surface area contributed by atoms with Crippen LogP contribution in [0.15, 0.2) is 36.4 Å². The molecule has 0 unspecified atom stereocenters. The van der Waals surface area contributed by atoms with E-state index in [1.165, 1.54) is 6.07 Å². The quantitative estimate of drug-likeness (QED) is 0.809. The van der Waals surface area contributed by atoms with Crippen molar-refractivity contribution in [1.29, 1.82) is 5.26 Å². The molecule has 2 aromatic rings. The second-order valence-electron chi connectivity index (χ2n) is 6.65. The Morgan fingerprint density at radius 2 is 2.04 bits per heavy atom. The first kappa shape index (κ1) is 18.4. The largest absolute Gasteiger partial charge is 0.478 e. The molecule has 138 valence electrons. The van der Waals surface area contributed by atoms with Crippen molar-refractivity contribution < 1.29 is 14.7 Å². The number of pyridine rings is 1. The number of hydrogen-bond donors (Lipinski definition) is 2. The number of benzene rings is 1. The number of amides is 1. The number of carboxylic acids is 1. The van der Waals surface area contributed by atoms with Crippen LogP contribution in [-0.4, -0.2) is 41.6 Å². The fraction of sp³-hybridized carbons (Fsp3) is 0.300. The standard InChI is InChI=1S/C20H20N4O3/c1-13-17(20(26)27)8-16(9-21)19(23-13)24-11-15(12-24)10-22-18(25)7-14-5-3-2-4-6-14/h2-6,8,15H,7,10-12H2,1H3,(H,22,25)(H,26,27). The van der Waals surface area contributed by atoms with Gasteiger partial charge in [0.25, 0.3) is 0 Å². The Bertz CT molecular complexity index is 899. The molecule has 27 heavy (non-hydrogen) atoms. The lowest BCUT2D eigenvalue weighted by Gasteiger charge is -2.40. The van der Waals surface area contributed by atoms with Crippen LogP contribution in [0.2, 0.25) is 0 Å². The topological polar surface area (TPSA) is 106 Å². The van der Waals surface area contributed by atoms with E-state index in [-0.39, 0.29) is 23.0 Å². The molecule has 7 heteroatoms. The van der Waals surface area contributed by atoms with Crippen LogP contribution in [0, 0.1) is 24.2 Å². The van der Waals surface area contributed by atoms with Crippen LogP contribution in [0.1, 0.15) is 27.2 Å². The highest BCUT2D eigenvalue weighted by Gasteiger charge is 2.30. The van der Waals surface area contributed by atoms with E-state index in [0.29, 0.717) is 37.6 Å². The number of aryl methyl sites for hydroxylation is 1. The van der Waals surface area contributed by atoms with E-state index in [1.54, 1.807) is 6.92 Å². The van der Waals surface area contributed by atoms with E-state index >= 15 is 0 Å². The van der Waals surface area contributed by atoms with Gasteiger partial charge in [0.1, 0.15) is 11.9 Å². The van der Waals surface area contributed by atoms with Crippen LogP contribution in [0.25, 0.3) is 0 Å². The third-order valence-electron chi connectivity index (χ3n) is 4.60. The summed E-state index contributed by atoms with van der Waals surface area (Å²) in [5, 5.41) is 21.4.